The van der Waals surface area contributed by atoms with E-state index >= 15 is 0 Å². The van der Waals surface area contributed by atoms with E-state index in [0.717, 1.165) is 24.3 Å². The molecule has 0 aromatic carbocycles. The van der Waals surface area contributed by atoms with Crippen LogP contribution in [0.2, 0.25) is 0 Å². The normalized spacial score (nSPS) is 23.9. The van der Waals surface area contributed by atoms with Crippen molar-refractivity contribution in [3.63, 3.8) is 0 Å². The van der Waals surface area contributed by atoms with Gasteiger partial charge in [-0.1, -0.05) is 19.8 Å². The summed E-state index contributed by atoms with van der Waals surface area (Å²) in [6.07, 6.45) is 7.49. The standard InChI is InChI=1S/C14H20INOS/c1-2-3-10-4-6-12(7-5-10)16-14(17)11-8-13(15)18-9-11/h8-10,12H,2-7H2,1H3,(H,16,17). The smallest absolute Gasteiger partial charge is 0.252 e. The predicted octanol–water partition coefficient (Wildman–Crippen LogP) is 4.44. The summed E-state index contributed by atoms with van der Waals surface area (Å²) >= 11 is 3.88. The summed E-state index contributed by atoms with van der Waals surface area (Å²) in [4.78, 5) is 12.0. The number of carbonyl (C=O) groups excluding carboxylic acids is 1. The molecule has 0 bridgehead atoms. The number of amides is 1. The molecule has 1 amide bonds. The molecule has 4 heteroatoms. The highest BCUT2D eigenvalue weighted by Crippen LogP contribution is 2.28. The summed E-state index contributed by atoms with van der Waals surface area (Å²) in [5.74, 6) is 0.998. The predicted molar refractivity (Wildman–Crippen MR) is 85.2 cm³/mol. The Hall–Kier alpha value is -0.100. The Morgan fingerprint density at radius 3 is 2.72 bits per heavy atom. The van der Waals surface area contributed by atoms with Crippen LogP contribution in [0.15, 0.2) is 11.4 Å². The molecule has 1 aromatic heterocycles. The Kier molecular flexibility index (Phi) is 5.48. The Bertz CT molecular complexity index is 396. The zero-order chi connectivity index (χ0) is 13.0. The third kappa shape index (κ3) is 3.95. The van der Waals surface area contributed by atoms with Crippen LogP contribution in [0.4, 0.5) is 0 Å². The number of nitrogens with one attached hydrogen (secondary N) is 1. The van der Waals surface area contributed by atoms with Crippen molar-refractivity contribution in [3.05, 3.63) is 19.9 Å². The fraction of sp³-hybridized carbons (Fsp3) is 0.643. The van der Waals surface area contributed by atoms with Crippen molar-refractivity contribution in [1.29, 1.82) is 0 Å². The van der Waals surface area contributed by atoms with E-state index in [4.69, 9.17) is 0 Å². The minimum atomic E-state index is 0.105. The number of thiophene rings is 1. The third-order valence-corrected chi connectivity index (χ3v) is 5.50. The lowest BCUT2D eigenvalue weighted by molar-refractivity contribution is 0.0921. The summed E-state index contributed by atoms with van der Waals surface area (Å²) in [6.45, 7) is 2.26. The van der Waals surface area contributed by atoms with Gasteiger partial charge in [0.05, 0.1) is 8.45 Å². The molecule has 0 atom stereocenters. The molecule has 1 aliphatic rings. The topological polar surface area (TPSA) is 29.1 Å². The van der Waals surface area contributed by atoms with Crippen LogP contribution in [-0.2, 0) is 0 Å². The van der Waals surface area contributed by atoms with Crippen molar-refractivity contribution < 1.29 is 4.79 Å². The molecule has 1 heterocycles. The Labute approximate surface area is 127 Å². The Morgan fingerprint density at radius 2 is 2.17 bits per heavy atom. The van der Waals surface area contributed by atoms with E-state index in [1.807, 2.05) is 11.4 Å². The van der Waals surface area contributed by atoms with E-state index in [1.54, 1.807) is 11.3 Å². The zero-order valence-corrected chi connectivity index (χ0v) is 13.7. The maximum absolute atomic E-state index is 12.0. The molecule has 1 aliphatic carbocycles. The van der Waals surface area contributed by atoms with Gasteiger partial charge in [0.2, 0.25) is 0 Å². The maximum Gasteiger partial charge on any atom is 0.252 e. The molecule has 18 heavy (non-hydrogen) atoms. The third-order valence-electron chi connectivity index (χ3n) is 3.71. The quantitative estimate of drug-likeness (QED) is 0.773. The van der Waals surface area contributed by atoms with Crippen molar-refractivity contribution >= 4 is 39.8 Å². The van der Waals surface area contributed by atoms with Gasteiger partial charge in [0, 0.05) is 11.4 Å². The second kappa shape index (κ2) is 6.89. The van der Waals surface area contributed by atoms with Gasteiger partial charge in [-0.2, -0.15) is 0 Å². The number of rotatable bonds is 4. The van der Waals surface area contributed by atoms with Crippen molar-refractivity contribution in [2.24, 2.45) is 5.92 Å². The second-order valence-corrected chi connectivity index (χ2v) is 7.92. The molecule has 0 radical (unpaired) electrons. The molecule has 1 fully saturated rings. The first kappa shape index (κ1) is 14.3. The number of hydrogen-bond donors (Lipinski definition) is 1. The van der Waals surface area contributed by atoms with Crippen LogP contribution < -0.4 is 5.32 Å². The van der Waals surface area contributed by atoms with Crippen LogP contribution in [0.5, 0.6) is 0 Å². The van der Waals surface area contributed by atoms with Gasteiger partial charge in [-0.15, -0.1) is 11.3 Å². The van der Waals surface area contributed by atoms with Gasteiger partial charge in [0.1, 0.15) is 0 Å². The van der Waals surface area contributed by atoms with E-state index in [-0.39, 0.29) is 5.91 Å². The molecule has 100 valence electrons. The van der Waals surface area contributed by atoms with Crippen molar-refractivity contribution in [2.75, 3.05) is 0 Å². The average Bonchev–Trinajstić information content (AvgIpc) is 2.79. The van der Waals surface area contributed by atoms with Crippen LogP contribution in [0, 0.1) is 8.80 Å². The Morgan fingerprint density at radius 1 is 1.44 bits per heavy atom. The van der Waals surface area contributed by atoms with Gasteiger partial charge in [-0.3, -0.25) is 4.79 Å². The summed E-state index contributed by atoms with van der Waals surface area (Å²) in [7, 11) is 0. The van der Waals surface area contributed by atoms with E-state index in [2.05, 4.69) is 34.8 Å². The fourth-order valence-electron chi connectivity index (χ4n) is 2.70. The summed E-state index contributed by atoms with van der Waals surface area (Å²) < 4.78 is 1.17. The maximum atomic E-state index is 12.0. The van der Waals surface area contributed by atoms with E-state index in [0.29, 0.717) is 6.04 Å². The van der Waals surface area contributed by atoms with Crippen LogP contribution >= 0.6 is 33.9 Å². The molecular weight excluding hydrogens is 357 g/mol. The van der Waals surface area contributed by atoms with Gasteiger partial charge in [-0.25, -0.2) is 0 Å². The van der Waals surface area contributed by atoms with Gasteiger partial charge >= 0.3 is 0 Å². The molecule has 0 saturated heterocycles. The van der Waals surface area contributed by atoms with Crippen molar-refractivity contribution in [2.45, 2.75) is 51.5 Å². The molecule has 2 nitrogen and oxygen atoms in total. The molecular formula is C14H20INOS. The molecule has 0 spiro atoms. The highest BCUT2D eigenvalue weighted by Gasteiger charge is 2.22. The molecule has 0 aliphatic heterocycles. The average molecular weight is 377 g/mol. The van der Waals surface area contributed by atoms with Crippen LogP contribution in [0.3, 0.4) is 0 Å². The van der Waals surface area contributed by atoms with Gasteiger partial charge < -0.3 is 5.32 Å². The van der Waals surface area contributed by atoms with E-state index < -0.39 is 0 Å². The molecule has 1 aromatic rings. The first-order valence-corrected chi connectivity index (χ1v) is 8.69. The lowest BCUT2D eigenvalue weighted by Crippen LogP contribution is -2.37. The second-order valence-electron chi connectivity index (χ2n) is 5.12. The van der Waals surface area contributed by atoms with Crippen molar-refractivity contribution in [3.8, 4) is 0 Å². The van der Waals surface area contributed by atoms with Crippen LogP contribution in [-0.4, -0.2) is 11.9 Å². The minimum Gasteiger partial charge on any atom is -0.349 e. The SMILES string of the molecule is CCCC1CCC(NC(=O)c2csc(I)c2)CC1. The van der Waals surface area contributed by atoms with Crippen LogP contribution in [0.1, 0.15) is 55.8 Å². The highest BCUT2D eigenvalue weighted by molar-refractivity contribution is 14.1. The molecule has 2 rings (SSSR count). The largest absolute Gasteiger partial charge is 0.349 e. The van der Waals surface area contributed by atoms with Gasteiger partial charge in [-0.05, 0) is 60.3 Å². The number of hydrogen-bond acceptors (Lipinski definition) is 2. The van der Waals surface area contributed by atoms with Gasteiger partial charge in [0.15, 0.2) is 0 Å². The van der Waals surface area contributed by atoms with E-state index in [1.165, 1.54) is 28.6 Å². The monoisotopic (exact) mass is 377 g/mol. The summed E-state index contributed by atoms with van der Waals surface area (Å²) in [5, 5.41) is 5.12. The first-order valence-electron chi connectivity index (χ1n) is 6.74. The molecule has 0 unspecified atom stereocenters. The van der Waals surface area contributed by atoms with Crippen LogP contribution in [0.25, 0.3) is 0 Å². The lowest BCUT2D eigenvalue weighted by Gasteiger charge is -2.28. The fourth-order valence-corrected chi connectivity index (χ4v) is 4.03. The van der Waals surface area contributed by atoms with Crippen molar-refractivity contribution in [1.82, 2.24) is 5.32 Å². The van der Waals surface area contributed by atoms with Gasteiger partial charge in [0.25, 0.3) is 5.91 Å². The molecule has 1 N–H and O–H groups in total. The minimum absolute atomic E-state index is 0.105. The Balaban J connectivity index is 1.79. The number of carbonyl (C=O) groups is 1. The molecule has 1 saturated carbocycles. The number of halogens is 1. The lowest BCUT2D eigenvalue weighted by atomic mass is 9.83. The zero-order valence-electron chi connectivity index (χ0n) is 10.7. The van der Waals surface area contributed by atoms with E-state index in [9.17, 15) is 4.79 Å². The summed E-state index contributed by atoms with van der Waals surface area (Å²) in [6, 6.07) is 2.35. The summed E-state index contributed by atoms with van der Waals surface area (Å²) in [5.41, 5.74) is 0.820. The first-order chi connectivity index (χ1) is 8.69. The highest BCUT2D eigenvalue weighted by atomic mass is 127.